The zero-order valence-electron chi connectivity index (χ0n) is 11.3. The Hall–Kier alpha value is -1.37. The summed E-state index contributed by atoms with van der Waals surface area (Å²) in [5.41, 5.74) is 6.00. The van der Waals surface area contributed by atoms with Crippen LogP contribution in [0.5, 0.6) is 0 Å². The van der Waals surface area contributed by atoms with E-state index in [0.717, 1.165) is 19.5 Å². The lowest BCUT2D eigenvalue weighted by molar-refractivity contribution is 0.0760. The van der Waals surface area contributed by atoms with Gasteiger partial charge in [0.25, 0.3) is 5.91 Å². The molecule has 2 rings (SSSR count). The van der Waals surface area contributed by atoms with Crippen LogP contribution in [0, 0.1) is 0 Å². The van der Waals surface area contributed by atoms with Crippen molar-refractivity contribution in [1.29, 1.82) is 0 Å². The SMILES string of the molecule is Nc1ncc(C(=O)N2CCCN(CCO)CC2)cc1Cl. The number of nitrogen functional groups attached to an aromatic ring is 1. The van der Waals surface area contributed by atoms with Gasteiger partial charge in [-0.15, -0.1) is 0 Å². The molecule has 20 heavy (non-hydrogen) atoms. The standard InChI is InChI=1S/C13H19ClN4O2/c14-11-8-10(9-16-12(11)15)13(20)18-3-1-2-17(4-5-18)6-7-19/h8-9,19H,1-7H2,(H2,15,16). The lowest BCUT2D eigenvalue weighted by atomic mass is 10.2. The van der Waals surface area contributed by atoms with E-state index in [-0.39, 0.29) is 18.3 Å². The van der Waals surface area contributed by atoms with Gasteiger partial charge in [-0.2, -0.15) is 0 Å². The number of pyridine rings is 1. The van der Waals surface area contributed by atoms with Gasteiger partial charge in [0.15, 0.2) is 0 Å². The van der Waals surface area contributed by atoms with Gasteiger partial charge in [-0.05, 0) is 19.0 Å². The Morgan fingerprint density at radius 3 is 2.90 bits per heavy atom. The Labute approximate surface area is 123 Å². The van der Waals surface area contributed by atoms with Gasteiger partial charge in [-0.25, -0.2) is 4.98 Å². The van der Waals surface area contributed by atoms with Crippen molar-refractivity contribution in [2.75, 3.05) is 45.1 Å². The molecule has 110 valence electrons. The third-order valence-corrected chi connectivity index (χ3v) is 3.71. The van der Waals surface area contributed by atoms with Crippen molar-refractivity contribution in [3.05, 3.63) is 22.8 Å². The number of hydrogen-bond acceptors (Lipinski definition) is 5. The minimum Gasteiger partial charge on any atom is -0.395 e. The molecule has 1 amide bonds. The van der Waals surface area contributed by atoms with Crippen molar-refractivity contribution in [1.82, 2.24) is 14.8 Å². The first-order valence-corrected chi connectivity index (χ1v) is 7.03. The highest BCUT2D eigenvalue weighted by molar-refractivity contribution is 6.33. The number of hydrogen-bond donors (Lipinski definition) is 2. The average Bonchev–Trinajstić information content (AvgIpc) is 2.67. The van der Waals surface area contributed by atoms with Gasteiger partial charge in [-0.1, -0.05) is 11.6 Å². The Morgan fingerprint density at radius 2 is 2.20 bits per heavy atom. The number of β-amino-alcohol motifs (C(OH)–C–C–N with tert-alkyl or cyclic N) is 1. The molecule has 0 spiro atoms. The molecule has 7 heteroatoms. The monoisotopic (exact) mass is 298 g/mol. The van der Waals surface area contributed by atoms with E-state index in [1.165, 1.54) is 6.20 Å². The fraction of sp³-hybridized carbons (Fsp3) is 0.538. The smallest absolute Gasteiger partial charge is 0.255 e. The van der Waals surface area contributed by atoms with Crippen LogP contribution < -0.4 is 5.73 Å². The number of aromatic nitrogens is 1. The van der Waals surface area contributed by atoms with E-state index >= 15 is 0 Å². The summed E-state index contributed by atoms with van der Waals surface area (Å²) in [5.74, 6) is 0.151. The summed E-state index contributed by atoms with van der Waals surface area (Å²) < 4.78 is 0. The highest BCUT2D eigenvalue weighted by Gasteiger charge is 2.20. The van der Waals surface area contributed by atoms with Crippen molar-refractivity contribution in [2.45, 2.75) is 6.42 Å². The molecule has 1 fully saturated rings. The molecule has 0 unspecified atom stereocenters. The molecule has 0 aromatic carbocycles. The Kier molecular flexibility index (Phi) is 5.17. The molecule has 0 radical (unpaired) electrons. The van der Waals surface area contributed by atoms with Crippen molar-refractivity contribution >= 4 is 23.3 Å². The summed E-state index contributed by atoms with van der Waals surface area (Å²) in [6.45, 7) is 3.79. The van der Waals surface area contributed by atoms with Gasteiger partial charge in [0.2, 0.25) is 0 Å². The van der Waals surface area contributed by atoms with E-state index in [1.54, 1.807) is 11.0 Å². The summed E-state index contributed by atoms with van der Waals surface area (Å²) >= 11 is 5.90. The maximum Gasteiger partial charge on any atom is 0.255 e. The lowest BCUT2D eigenvalue weighted by Gasteiger charge is -2.21. The average molecular weight is 299 g/mol. The van der Waals surface area contributed by atoms with E-state index in [9.17, 15) is 4.79 Å². The Bertz CT molecular complexity index is 483. The van der Waals surface area contributed by atoms with Crippen molar-refractivity contribution in [3.63, 3.8) is 0 Å². The fourth-order valence-electron chi connectivity index (χ4n) is 2.29. The van der Waals surface area contributed by atoms with E-state index in [0.29, 0.717) is 30.2 Å². The fourth-order valence-corrected chi connectivity index (χ4v) is 2.45. The number of anilines is 1. The van der Waals surface area contributed by atoms with Gasteiger partial charge in [0.1, 0.15) is 5.82 Å². The Balaban J connectivity index is 2.03. The van der Waals surface area contributed by atoms with E-state index < -0.39 is 0 Å². The molecule has 0 atom stereocenters. The van der Waals surface area contributed by atoms with Crippen LogP contribution in [0.25, 0.3) is 0 Å². The Morgan fingerprint density at radius 1 is 1.40 bits per heavy atom. The predicted molar refractivity (Wildman–Crippen MR) is 77.7 cm³/mol. The van der Waals surface area contributed by atoms with Crippen LogP contribution in [-0.4, -0.2) is 65.1 Å². The molecule has 3 N–H and O–H groups in total. The molecule has 0 aliphatic carbocycles. The minimum absolute atomic E-state index is 0.0785. The van der Waals surface area contributed by atoms with E-state index in [4.69, 9.17) is 22.4 Å². The van der Waals surface area contributed by atoms with E-state index in [1.807, 2.05) is 0 Å². The van der Waals surface area contributed by atoms with Crippen molar-refractivity contribution in [3.8, 4) is 0 Å². The van der Waals surface area contributed by atoms with Crippen LogP contribution in [0.3, 0.4) is 0 Å². The molecule has 1 aromatic heterocycles. The first kappa shape index (κ1) is 15.0. The second-order valence-electron chi connectivity index (χ2n) is 4.80. The van der Waals surface area contributed by atoms with E-state index in [2.05, 4.69) is 9.88 Å². The summed E-state index contributed by atoms with van der Waals surface area (Å²) in [4.78, 5) is 20.3. The number of amides is 1. The zero-order valence-corrected chi connectivity index (χ0v) is 12.0. The summed E-state index contributed by atoms with van der Waals surface area (Å²) in [6.07, 6.45) is 2.35. The second-order valence-corrected chi connectivity index (χ2v) is 5.21. The normalized spacial score (nSPS) is 17.0. The zero-order chi connectivity index (χ0) is 14.5. The molecular formula is C13H19ClN4O2. The van der Waals surface area contributed by atoms with Crippen molar-refractivity contribution < 1.29 is 9.90 Å². The molecule has 1 aromatic rings. The summed E-state index contributed by atoms with van der Waals surface area (Å²) in [6, 6.07) is 1.56. The highest BCUT2D eigenvalue weighted by atomic mass is 35.5. The number of nitrogens with zero attached hydrogens (tertiary/aromatic N) is 3. The topological polar surface area (TPSA) is 82.7 Å². The number of halogens is 1. The van der Waals surface area contributed by atoms with Crippen LogP contribution in [0.2, 0.25) is 5.02 Å². The maximum atomic E-state index is 12.4. The number of aliphatic hydroxyl groups excluding tert-OH is 1. The van der Waals surface area contributed by atoms with Gasteiger partial charge in [0.05, 0.1) is 17.2 Å². The van der Waals surface area contributed by atoms with Crippen LogP contribution in [0.15, 0.2) is 12.3 Å². The second kappa shape index (κ2) is 6.88. The first-order chi connectivity index (χ1) is 9.61. The van der Waals surface area contributed by atoms with Crippen LogP contribution in [0.4, 0.5) is 5.82 Å². The molecule has 1 aliphatic rings. The van der Waals surface area contributed by atoms with Gasteiger partial charge in [0, 0.05) is 32.4 Å². The molecule has 1 saturated heterocycles. The number of carbonyl (C=O) groups excluding carboxylic acids is 1. The third kappa shape index (κ3) is 3.59. The predicted octanol–water partition coefficient (Wildman–Crippen LogP) is 0.457. The summed E-state index contributed by atoms with van der Waals surface area (Å²) in [7, 11) is 0. The third-order valence-electron chi connectivity index (χ3n) is 3.41. The minimum atomic E-state index is -0.0785. The molecule has 6 nitrogen and oxygen atoms in total. The highest BCUT2D eigenvalue weighted by Crippen LogP contribution is 2.18. The van der Waals surface area contributed by atoms with Crippen LogP contribution >= 0.6 is 11.6 Å². The number of rotatable bonds is 3. The van der Waals surface area contributed by atoms with Gasteiger partial charge in [-0.3, -0.25) is 9.69 Å². The molecule has 1 aliphatic heterocycles. The lowest BCUT2D eigenvalue weighted by Crippen LogP contribution is -2.36. The molecule has 2 heterocycles. The molecule has 0 bridgehead atoms. The largest absolute Gasteiger partial charge is 0.395 e. The number of nitrogens with two attached hydrogens (primary N) is 1. The van der Waals surface area contributed by atoms with Crippen molar-refractivity contribution in [2.24, 2.45) is 0 Å². The number of carbonyl (C=O) groups is 1. The first-order valence-electron chi connectivity index (χ1n) is 6.65. The summed E-state index contributed by atoms with van der Waals surface area (Å²) in [5, 5.41) is 9.26. The molecule has 0 saturated carbocycles. The van der Waals surface area contributed by atoms with Gasteiger partial charge < -0.3 is 15.7 Å². The molecular weight excluding hydrogens is 280 g/mol. The number of aliphatic hydroxyl groups is 1. The van der Waals surface area contributed by atoms with Gasteiger partial charge >= 0.3 is 0 Å². The quantitative estimate of drug-likeness (QED) is 0.847. The van der Waals surface area contributed by atoms with Crippen LogP contribution in [-0.2, 0) is 0 Å². The maximum absolute atomic E-state index is 12.4. The van der Waals surface area contributed by atoms with Crippen LogP contribution in [0.1, 0.15) is 16.8 Å².